The van der Waals surface area contributed by atoms with E-state index in [0.717, 1.165) is 10.9 Å². The number of aromatic nitrogens is 1. The second-order valence-corrected chi connectivity index (χ2v) is 4.70. The third kappa shape index (κ3) is 3.37. The van der Waals surface area contributed by atoms with Crippen molar-refractivity contribution in [3.8, 4) is 5.75 Å². The first-order valence-corrected chi connectivity index (χ1v) is 6.25. The van der Waals surface area contributed by atoms with Gasteiger partial charge in [0.1, 0.15) is 5.75 Å². The van der Waals surface area contributed by atoms with Gasteiger partial charge >= 0.3 is 6.18 Å². The first-order chi connectivity index (χ1) is 9.00. The SMILES string of the molecule is COc1ccc(NCc2cncs2)c(C(F)(F)F)c1. The number of rotatable bonds is 4. The summed E-state index contributed by atoms with van der Waals surface area (Å²) >= 11 is 1.38. The maximum Gasteiger partial charge on any atom is 0.418 e. The third-order valence-electron chi connectivity index (χ3n) is 2.47. The quantitative estimate of drug-likeness (QED) is 0.929. The number of alkyl halides is 3. The molecule has 1 aromatic heterocycles. The molecule has 0 aliphatic carbocycles. The molecule has 3 nitrogen and oxygen atoms in total. The molecule has 19 heavy (non-hydrogen) atoms. The van der Waals surface area contributed by atoms with Crippen molar-refractivity contribution in [2.45, 2.75) is 12.7 Å². The van der Waals surface area contributed by atoms with Gasteiger partial charge < -0.3 is 10.1 Å². The molecule has 7 heteroatoms. The number of nitrogens with zero attached hydrogens (tertiary/aromatic N) is 1. The molecule has 1 heterocycles. The number of nitrogens with one attached hydrogen (secondary N) is 1. The molecule has 0 atom stereocenters. The molecular weight excluding hydrogens is 277 g/mol. The van der Waals surface area contributed by atoms with Crippen LogP contribution in [0.4, 0.5) is 18.9 Å². The van der Waals surface area contributed by atoms with E-state index in [4.69, 9.17) is 4.74 Å². The number of thiazole rings is 1. The van der Waals surface area contributed by atoms with E-state index >= 15 is 0 Å². The van der Waals surface area contributed by atoms with Crippen molar-refractivity contribution in [3.63, 3.8) is 0 Å². The average molecular weight is 288 g/mol. The number of methoxy groups -OCH3 is 1. The van der Waals surface area contributed by atoms with Crippen LogP contribution in [0.1, 0.15) is 10.4 Å². The summed E-state index contributed by atoms with van der Waals surface area (Å²) in [6.07, 6.45) is -2.81. The molecule has 102 valence electrons. The van der Waals surface area contributed by atoms with Gasteiger partial charge in [0.15, 0.2) is 0 Å². The normalized spacial score (nSPS) is 11.4. The molecule has 0 fully saturated rings. The molecule has 0 saturated carbocycles. The van der Waals surface area contributed by atoms with Crippen molar-refractivity contribution in [3.05, 3.63) is 40.3 Å². The Balaban J connectivity index is 2.23. The summed E-state index contributed by atoms with van der Waals surface area (Å²) in [6, 6.07) is 3.84. The van der Waals surface area contributed by atoms with Crippen molar-refractivity contribution < 1.29 is 17.9 Å². The Hall–Kier alpha value is -1.76. The van der Waals surface area contributed by atoms with E-state index in [1.54, 1.807) is 11.7 Å². The van der Waals surface area contributed by atoms with Crippen molar-refractivity contribution in [1.82, 2.24) is 4.98 Å². The van der Waals surface area contributed by atoms with E-state index in [-0.39, 0.29) is 11.4 Å². The van der Waals surface area contributed by atoms with Crippen LogP contribution < -0.4 is 10.1 Å². The van der Waals surface area contributed by atoms with Gasteiger partial charge in [-0.3, -0.25) is 4.98 Å². The monoisotopic (exact) mass is 288 g/mol. The van der Waals surface area contributed by atoms with Crippen LogP contribution >= 0.6 is 11.3 Å². The van der Waals surface area contributed by atoms with Gasteiger partial charge in [-0.2, -0.15) is 13.2 Å². The lowest BCUT2D eigenvalue weighted by Gasteiger charge is -2.15. The molecule has 0 radical (unpaired) electrons. The predicted octanol–water partition coefficient (Wildman–Crippen LogP) is 3.78. The van der Waals surface area contributed by atoms with Crippen molar-refractivity contribution >= 4 is 17.0 Å². The van der Waals surface area contributed by atoms with Gasteiger partial charge in [0.05, 0.1) is 24.7 Å². The molecule has 1 aromatic carbocycles. The number of anilines is 1. The fourth-order valence-corrected chi connectivity index (χ4v) is 2.09. The Kier molecular flexibility index (Phi) is 3.94. The van der Waals surface area contributed by atoms with Gasteiger partial charge in [-0.25, -0.2) is 0 Å². The van der Waals surface area contributed by atoms with Crippen LogP contribution in [0.25, 0.3) is 0 Å². The number of hydrogen-bond donors (Lipinski definition) is 1. The molecule has 2 aromatic rings. The summed E-state index contributed by atoms with van der Waals surface area (Å²) in [5.74, 6) is 0.177. The van der Waals surface area contributed by atoms with Crippen molar-refractivity contribution in [2.24, 2.45) is 0 Å². The van der Waals surface area contributed by atoms with E-state index in [1.165, 1.54) is 30.6 Å². The van der Waals surface area contributed by atoms with Gasteiger partial charge in [0.25, 0.3) is 0 Å². The highest BCUT2D eigenvalue weighted by molar-refractivity contribution is 7.09. The van der Waals surface area contributed by atoms with E-state index in [1.807, 2.05) is 0 Å². The zero-order chi connectivity index (χ0) is 13.9. The summed E-state index contributed by atoms with van der Waals surface area (Å²) < 4.78 is 43.6. The van der Waals surface area contributed by atoms with E-state index in [2.05, 4.69) is 10.3 Å². The maximum atomic E-state index is 12.9. The minimum Gasteiger partial charge on any atom is -0.497 e. The van der Waals surface area contributed by atoms with E-state index in [9.17, 15) is 13.2 Å². The number of halogens is 3. The smallest absolute Gasteiger partial charge is 0.418 e. The Morgan fingerprint density at radius 3 is 2.74 bits per heavy atom. The van der Waals surface area contributed by atoms with Crippen LogP contribution in [-0.2, 0) is 12.7 Å². The molecule has 2 rings (SSSR count). The van der Waals surface area contributed by atoms with Gasteiger partial charge in [-0.1, -0.05) is 0 Å². The largest absolute Gasteiger partial charge is 0.497 e. The lowest BCUT2D eigenvalue weighted by atomic mass is 10.1. The minimum absolute atomic E-state index is 0.0294. The number of ether oxygens (including phenoxy) is 1. The highest BCUT2D eigenvalue weighted by Crippen LogP contribution is 2.37. The van der Waals surface area contributed by atoms with Gasteiger partial charge in [0.2, 0.25) is 0 Å². The molecule has 0 aliphatic heterocycles. The lowest BCUT2D eigenvalue weighted by molar-refractivity contribution is -0.137. The first-order valence-electron chi connectivity index (χ1n) is 5.37. The minimum atomic E-state index is -4.43. The third-order valence-corrected chi connectivity index (χ3v) is 3.25. The average Bonchev–Trinajstić information content (AvgIpc) is 2.88. The molecule has 0 aliphatic rings. The summed E-state index contributed by atoms with van der Waals surface area (Å²) in [6.45, 7) is 0.306. The summed E-state index contributed by atoms with van der Waals surface area (Å²) in [5, 5.41) is 2.77. The zero-order valence-corrected chi connectivity index (χ0v) is 10.8. The molecule has 1 N–H and O–H groups in total. The summed E-state index contributed by atoms with van der Waals surface area (Å²) in [5.41, 5.74) is 0.925. The summed E-state index contributed by atoms with van der Waals surface area (Å²) in [4.78, 5) is 4.73. The van der Waals surface area contributed by atoms with Crippen LogP contribution in [0, 0.1) is 0 Å². The molecule has 0 unspecified atom stereocenters. The molecule has 0 bridgehead atoms. The van der Waals surface area contributed by atoms with Crippen LogP contribution in [0.2, 0.25) is 0 Å². The second kappa shape index (κ2) is 5.48. The topological polar surface area (TPSA) is 34.1 Å². The Morgan fingerprint density at radius 2 is 2.16 bits per heavy atom. The standard InChI is InChI=1S/C12H11F3N2OS/c1-18-8-2-3-11(10(4-8)12(13,14)15)17-6-9-5-16-7-19-9/h2-5,7,17H,6H2,1H3. The van der Waals surface area contributed by atoms with Gasteiger partial charge in [0, 0.05) is 16.8 Å². The van der Waals surface area contributed by atoms with Gasteiger partial charge in [-0.15, -0.1) is 11.3 Å². The van der Waals surface area contributed by atoms with Crippen molar-refractivity contribution in [1.29, 1.82) is 0 Å². The van der Waals surface area contributed by atoms with Crippen LogP contribution in [0.15, 0.2) is 29.9 Å². The molecule has 0 amide bonds. The predicted molar refractivity (Wildman–Crippen MR) is 67.4 cm³/mol. The maximum absolute atomic E-state index is 12.9. The first kappa shape index (κ1) is 13.7. The fourth-order valence-electron chi connectivity index (χ4n) is 1.55. The van der Waals surface area contributed by atoms with Crippen LogP contribution in [-0.4, -0.2) is 12.1 Å². The molecular formula is C12H11F3N2OS. The Morgan fingerprint density at radius 1 is 1.37 bits per heavy atom. The van der Waals surface area contributed by atoms with Crippen LogP contribution in [0.5, 0.6) is 5.75 Å². The Bertz CT molecular complexity index is 540. The molecule has 0 spiro atoms. The van der Waals surface area contributed by atoms with Gasteiger partial charge in [-0.05, 0) is 18.2 Å². The summed E-state index contributed by atoms with van der Waals surface area (Å²) in [7, 11) is 1.33. The van der Waals surface area contributed by atoms with E-state index in [0.29, 0.717) is 6.54 Å². The highest BCUT2D eigenvalue weighted by atomic mass is 32.1. The fraction of sp³-hybridized carbons (Fsp3) is 0.250. The highest BCUT2D eigenvalue weighted by Gasteiger charge is 2.34. The van der Waals surface area contributed by atoms with Crippen LogP contribution in [0.3, 0.4) is 0 Å². The van der Waals surface area contributed by atoms with Crippen molar-refractivity contribution in [2.75, 3.05) is 12.4 Å². The van der Waals surface area contributed by atoms with E-state index < -0.39 is 11.7 Å². The molecule has 0 saturated heterocycles. The zero-order valence-electron chi connectivity index (χ0n) is 9.99. The second-order valence-electron chi connectivity index (χ2n) is 3.73. The lowest BCUT2D eigenvalue weighted by Crippen LogP contribution is -2.10. The Labute approximate surface area is 112 Å². The number of benzene rings is 1. The number of hydrogen-bond acceptors (Lipinski definition) is 4.